The van der Waals surface area contributed by atoms with Crippen molar-refractivity contribution in [2.45, 2.75) is 31.6 Å². The van der Waals surface area contributed by atoms with Gasteiger partial charge in [-0.1, -0.05) is 5.16 Å². The predicted octanol–water partition coefficient (Wildman–Crippen LogP) is 4.14. The van der Waals surface area contributed by atoms with Gasteiger partial charge in [0.15, 0.2) is 11.6 Å². The Bertz CT molecular complexity index is 1210. The van der Waals surface area contributed by atoms with Crippen LogP contribution in [0.25, 0.3) is 0 Å². The van der Waals surface area contributed by atoms with Gasteiger partial charge in [0.2, 0.25) is 5.95 Å². The van der Waals surface area contributed by atoms with Crippen molar-refractivity contribution in [1.82, 2.24) is 14.9 Å². The van der Waals surface area contributed by atoms with Crippen LogP contribution < -0.4 is 0 Å². The molecule has 2 aromatic heterocycles. The molecule has 4 heterocycles. The topological polar surface area (TPSA) is 70.8 Å². The molecule has 0 radical (unpaired) electrons. The Hall–Kier alpha value is -3.30. The summed E-state index contributed by atoms with van der Waals surface area (Å²) in [7, 11) is 0. The first-order valence-electron chi connectivity index (χ1n) is 10.6. The maximum absolute atomic E-state index is 13.6. The number of oxime groups is 1. The highest BCUT2D eigenvalue weighted by Crippen LogP contribution is 2.44. The fourth-order valence-electron chi connectivity index (χ4n) is 4.59. The number of hydrogen-bond donors (Lipinski definition) is 1. The Balaban J connectivity index is 1.24. The number of rotatable bonds is 4. The van der Waals surface area contributed by atoms with Crippen molar-refractivity contribution >= 4 is 5.71 Å². The number of fused-ring (bicyclic) bond motifs is 2. The Morgan fingerprint density at radius 1 is 1.00 bits per heavy atom. The highest BCUT2D eigenvalue weighted by Gasteiger charge is 2.43. The lowest BCUT2D eigenvalue weighted by Crippen LogP contribution is -2.42. The van der Waals surface area contributed by atoms with Gasteiger partial charge < -0.3 is 9.94 Å². The average Bonchev–Trinajstić information content (AvgIpc) is 3.16. The summed E-state index contributed by atoms with van der Waals surface area (Å²) in [5.74, 6) is -2.47. The number of nitrogens with zero attached hydrogens (tertiary/aromatic N) is 4. The molecule has 1 saturated heterocycles. The van der Waals surface area contributed by atoms with E-state index in [1.165, 1.54) is 12.1 Å². The van der Waals surface area contributed by atoms with Gasteiger partial charge in [-0.3, -0.25) is 9.88 Å². The molecule has 1 spiro atoms. The van der Waals surface area contributed by atoms with E-state index < -0.39 is 23.2 Å². The van der Waals surface area contributed by atoms with Gasteiger partial charge in [-0.2, -0.15) is 4.39 Å². The molecular weight excluding hydrogens is 433 g/mol. The highest BCUT2D eigenvalue weighted by molar-refractivity contribution is 6.12. The first-order valence-corrected chi connectivity index (χ1v) is 10.6. The van der Waals surface area contributed by atoms with Crippen LogP contribution in [-0.4, -0.2) is 38.9 Å². The monoisotopic (exact) mass is 454 g/mol. The fraction of sp³-hybridized carbons (Fsp3) is 0.292. The summed E-state index contributed by atoms with van der Waals surface area (Å²) < 4.78 is 46.3. The van der Waals surface area contributed by atoms with Crippen LogP contribution in [0.2, 0.25) is 0 Å². The maximum atomic E-state index is 13.6. The van der Waals surface area contributed by atoms with Crippen LogP contribution >= 0.6 is 0 Å². The summed E-state index contributed by atoms with van der Waals surface area (Å²) in [5.41, 5.74) is 3.12. The van der Waals surface area contributed by atoms with E-state index in [-0.39, 0.29) is 11.3 Å². The van der Waals surface area contributed by atoms with E-state index in [0.717, 1.165) is 54.9 Å². The van der Waals surface area contributed by atoms with E-state index in [9.17, 15) is 18.4 Å². The van der Waals surface area contributed by atoms with Crippen molar-refractivity contribution < 1.29 is 23.1 Å². The SMILES string of the molecule is ON=C(c1ccc(CN2CCC3(CC2)OCc2cc(F)ncc23)nc1)c1ccc(F)c(F)c1. The second kappa shape index (κ2) is 8.57. The Kier molecular flexibility index (Phi) is 5.59. The highest BCUT2D eigenvalue weighted by atomic mass is 19.2. The molecule has 9 heteroatoms. The van der Waals surface area contributed by atoms with Gasteiger partial charge in [0.05, 0.1) is 17.9 Å². The molecule has 5 rings (SSSR count). The van der Waals surface area contributed by atoms with Crippen molar-refractivity contribution in [1.29, 1.82) is 0 Å². The Morgan fingerprint density at radius 3 is 2.48 bits per heavy atom. The molecule has 1 N–H and O–H groups in total. The lowest BCUT2D eigenvalue weighted by Gasteiger charge is -2.39. The van der Waals surface area contributed by atoms with Crippen LogP contribution in [-0.2, 0) is 23.5 Å². The normalized spacial score (nSPS) is 18.0. The first kappa shape index (κ1) is 21.5. The summed E-state index contributed by atoms with van der Waals surface area (Å²) in [6.07, 6.45) is 4.71. The number of aromatic nitrogens is 2. The molecule has 2 aliphatic heterocycles. The summed E-state index contributed by atoms with van der Waals surface area (Å²) in [4.78, 5) is 10.5. The van der Waals surface area contributed by atoms with Crippen LogP contribution in [0.1, 0.15) is 40.8 Å². The molecule has 0 atom stereocenters. The molecule has 170 valence electrons. The summed E-state index contributed by atoms with van der Waals surface area (Å²) in [5, 5.41) is 12.7. The van der Waals surface area contributed by atoms with Gasteiger partial charge in [-0.25, -0.2) is 13.8 Å². The van der Waals surface area contributed by atoms with Crippen LogP contribution in [0.5, 0.6) is 0 Å². The summed E-state index contributed by atoms with van der Waals surface area (Å²) >= 11 is 0. The summed E-state index contributed by atoms with van der Waals surface area (Å²) in [6.45, 7) is 2.61. The number of likely N-dealkylation sites (tertiary alicyclic amines) is 1. The van der Waals surface area contributed by atoms with Gasteiger partial charge in [0.1, 0.15) is 5.71 Å². The van der Waals surface area contributed by atoms with Crippen LogP contribution in [0.4, 0.5) is 13.2 Å². The van der Waals surface area contributed by atoms with Crippen molar-refractivity contribution in [2.75, 3.05) is 13.1 Å². The zero-order chi connectivity index (χ0) is 23.0. The van der Waals surface area contributed by atoms with E-state index in [1.54, 1.807) is 18.5 Å². The largest absolute Gasteiger partial charge is 0.410 e. The zero-order valence-corrected chi connectivity index (χ0v) is 17.6. The fourth-order valence-corrected chi connectivity index (χ4v) is 4.59. The lowest BCUT2D eigenvalue weighted by molar-refractivity contribution is -0.0801. The minimum atomic E-state index is -1.02. The van der Waals surface area contributed by atoms with Crippen molar-refractivity contribution in [3.63, 3.8) is 0 Å². The second-order valence-corrected chi connectivity index (χ2v) is 8.34. The molecule has 1 aromatic carbocycles. The van der Waals surface area contributed by atoms with Crippen molar-refractivity contribution in [2.24, 2.45) is 5.16 Å². The molecule has 1 fully saturated rings. The van der Waals surface area contributed by atoms with Crippen molar-refractivity contribution in [3.05, 3.63) is 94.3 Å². The summed E-state index contributed by atoms with van der Waals surface area (Å²) in [6, 6.07) is 8.32. The number of benzene rings is 1. The zero-order valence-electron chi connectivity index (χ0n) is 17.6. The average molecular weight is 454 g/mol. The molecule has 0 saturated carbocycles. The molecule has 0 bridgehead atoms. The first-order chi connectivity index (χ1) is 16.0. The molecule has 0 amide bonds. The number of halogens is 3. The molecule has 0 unspecified atom stereocenters. The predicted molar refractivity (Wildman–Crippen MR) is 113 cm³/mol. The third-order valence-corrected chi connectivity index (χ3v) is 6.39. The Labute approximate surface area is 188 Å². The van der Waals surface area contributed by atoms with Crippen LogP contribution in [0, 0.1) is 17.6 Å². The number of ether oxygens (including phenoxy) is 1. The number of hydrogen-bond acceptors (Lipinski definition) is 6. The third-order valence-electron chi connectivity index (χ3n) is 6.39. The van der Waals surface area contributed by atoms with Crippen LogP contribution in [0.3, 0.4) is 0 Å². The molecule has 3 aromatic rings. The third kappa shape index (κ3) is 4.09. The van der Waals surface area contributed by atoms with Gasteiger partial charge >= 0.3 is 0 Å². The van der Waals surface area contributed by atoms with Gasteiger partial charge in [0, 0.05) is 48.7 Å². The lowest BCUT2D eigenvalue weighted by atomic mass is 9.84. The van der Waals surface area contributed by atoms with Gasteiger partial charge in [-0.15, -0.1) is 0 Å². The van der Waals surface area contributed by atoms with Gasteiger partial charge in [0.25, 0.3) is 0 Å². The molecular formula is C24H21F3N4O2. The maximum Gasteiger partial charge on any atom is 0.213 e. The van der Waals surface area contributed by atoms with E-state index in [4.69, 9.17) is 4.74 Å². The van der Waals surface area contributed by atoms with E-state index in [0.29, 0.717) is 18.7 Å². The quantitative estimate of drug-likeness (QED) is 0.278. The van der Waals surface area contributed by atoms with E-state index in [1.807, 2.05) is 6.07 Å². The van der Waals surface area contributed by atoms with Crippen LogP contribution in [0.15, 0.2) is 53.9 Å². The van der Waals surface area contributed by atoms with Gasteiger partial charge in [-0.05, 0) is 54.8 Å². The van der Waals surface area contributed by atoms with Crippen molar-refractivity contribution in [3.8, 4) is 0 Å². The Morgan fingerprint density at radius 2 is 1.79 bits per heavy atom. The minimum absolute atomic E-state index is 0.106. The molecule has 0 aliphatic carbocycles. The van der Waals surface area contributed by atoms with E-state index >= 15 is 0 Å². The number of pyridine rings is 2. The number of piperidine rings is 1. The second-order valence-electron chi connectivity index (χ2n) is 8.34. The standard InChI is InChI=1S/C24H21F3N4O2/c25-20-4-2-15(9-21(20)26)23(30-32)16-1-3-18(28-11-16)13-31-7-5-24(6-8-31)19-12-29-22(27)10-17(19)14-33-24/h1-4,9-12,32H,5-8,13-14H2. The molecule has 2 aliphatic rings. The molecule has 33 heavy (non-hydrogen) atoms. The minimum Gasteiger partial charge on any atom is -0.410 e. The molecule has 6 nitrogen and oxygen atoms in total. The van der Waals surface area contributed by atoms with E-state index in [2.05, 4.69) is 20.0 Å². The smallest absolute Gasteiger partial charge is 0.213 e.